The lowest BCUT2D eigenvalue weighted by Crippen LogP contribution is -2.35. The van der Waals surface area contributed by atoms with Gasteiger partial charge in [0, 0.05) is 25.3 Å². The molecule has 0 radical (unpaired) electrons. The first kappa shape index (κ1) is 20.6. The van der Waals surface area contributed by atoms with Crippen molar-refractivity contribution in [1.82, 2.24) is 20.1 Å². The molecule has 1 aromatic heterocycles. The Morgan fingerprint density at radius 1 is 1.06 bits per heavy atom. The first-order chi connectivity index (χ1) is 15.2. The fourth-order valence-electron chi connectivity index (χ4n) is 3.61. The second-order valence-electron chi connectivity index (χ2n) is 7.23. The third-order valence-electron chi connectivity index (χ3n) is 5.16. The second kappa shape index (κ2) is 9.42. The van der Waals surface area contributed by atoms with Crippen molar-refractivity contribution in [1.29, 1.82) is 0 Å². The number of ether oxygens (including phenoxy) is 1. The highest BCUT2D eigenvalue weighted by molar-refractivity contribution is 5.91. The Morgan fingerprint density at radius 3 is 2.58 bits per heavy atom. The predicted molar refractivity (Wildman–Crippen MR) is 118 cm³/mol. The molecule has 0 aliphatic carbocycles. The van der Waals surface area contributed by atoms with E-state index in [1.807, 2.05) is 54.3 Å². The summed E-state index contributed by atoms with van der Waals surface area (Å²) in [6.45, 7) is 4.04. The van der Waals surface area contributed by atoms with Gasteiger partial charge in [0.2, 0.25) is 11.6 Å². The van der Waals surface area contributed by atoms with Gasteiger partial charge in [-0.2, -0.15) is 0 Å². The van der Waals surface area contributed by atoms with Crippen LogP contribution in [0.5, 0.6) is 5.75 Å². The standard InChI is InChI=1S/C23H25N5O3/c1-2-31-19-12-10-18(11-13-19)27-15-16-28-22(30)20(25-26-23(27)28)21(29)24-14-6-9-17-7-4-3-5-8-17/h3-5,7-8,10-13H,2,6,9,14-16H2,1H3,(H,24,29). The summed E-state index contributed by atoms with van der Waals surface area (Å²) in [5.41, 5.74) is 1.51. The van der Waals surface area contributed by atoms with Crippen molar-refractivity contribution in [3.8, 4) is 5.75 Å². The van der Waals surface area contributed by atoms with Crippen molar-refractivity contribution < 1.29 is 9.53 Å². The molecule has 8 nitrogen and oxygen atoms in total. The van der Waals surface area contributed by atoms with E-state index in [1.165, 1.54) is 10.1 Å². The number of aryl methyl sites for hydroxylation is 1. The highest BCUT2D eigenvalue weighted by atomic mass is 16.5. The van der Waals surface area contributed by atoms with Crippen LogP contribution in [0.2, 0.25) is 0 Å². The minimum Gasteiger partial charge on any atom is -0.494 e. The van der Waals surface area contributed by atoms with Crippen LogP contribution in [0.3, 0.4) is 0 Å². The Hall–Kier alpha value is -3.68. The summed E-state index contributed by atoms with van der Waals surface area (Å²) >= 11 is 0. The van der Waals surface area contributed by atoms with E-state index in [0.29, 0.717) is 32.2 Å². The molecule has 1 amide bonds. The summed E-state index contributed by atoms with van der Waals surface area (Å²) in [7, 11) is 0. The Labute approximate surface area is 180 Å². The molecular formula is C23H25N5O3. The highest BCUT2D eigenvalue weighted by Gasteiger charge is 2.27. The molecule has 0 spiro atoms. The maximum atomic E-state index is 12.8. The van der Waals surface area contributed by atoms with E-state index in [9.17, 15) is 9.59 Å². The second-order valence-corrected chi connectivity index (χ2v) is 7.23. The lowest BCUT2D eigenvalue weighted by Gasteiger charge is -2.17. The monoisotopic (exact) mass is 419 g/mol. The molecular weight excluding hydrogens is 394 g/mol. The van der Waals surface area contributed by atoms with Crippen molar-refractivity contribution in [2.45, 2.75) is 26.3 Å². The van der Waals surface area contributed by atoms with Crippen LogP contribution in [-0.2, 0) is 13.0 Å². The molecule has 1 aliphatic rings. The minimum absolute atomic E-state index is 0.169. The molecule has 0 saturated heterocycles. The maximum absolute atomic E-state index is 12.8. The average molecular weight is 419 g/mol. The van der Waals surface area contributed by atoms with Gasteiger partial charge in [0.1, 0.15) is 5.75 Å². The van der Waals surface area contributed by atoms with E-state index in [2.05, 4.69) is 27.6 Å². The summed E-state index contributed by atoms with van der Waals surface area (Å²) in [4.78, 5) is 27.2. The van der Waals surface area contributed by atoms with Crippen molar-refractivity contribution in [2.24, 2.45) is 0 Å². The molecule has 31 heavy (non-hydrogen) atoms. The molecule has 0 saturated carbocycles. The smallest absolute Gasteiger partial charge is 0.286 e. The van der Waals surface area contributed by atoms with E-state index in [1.54, 1.807) is 0 Å². The van der Waals surface area contributed by atoms with Crippen LogP contribution in [0, 0.1) is 0 Å². The summed E-state index contributed by atoms with van der Waals surface area (Å²) in [6.07, 6.45) is 1.63. The number of benzene rings is 2. The number of nitrogens with one attached hydrogen (secondary N) is 1. The predicted octanol–water partition coefficient (Wildman–Crippen LogP) is 2.55. The lowest BCUT2D eigenvalue weighted by atomic mass is 10.1. The molecule has 3 aromatic rings. The highest BCUT2D eigenvalue weighted by Crippen LogP contribution is 2.28. The Morgan fingerprint density at radius 2 is 1.84 bits per heavy atom. The molecule has 1 N–H and O–H groups in total. The van der Waals surface area contributed by atoms with Crippen LogP contribution in [-0.4, -0.2) is 40.4 Å². The number of carbonyl (C=O) groups is 1. The van der Waals surface area contributed by atoms with Crippen LogP contribution in [0.15, 0.2) is 59.4 Å². The lowest BCUT2D eigenvalue weighted by molar-refractivity contribution is 0.0944. The normalized spacial score (nSPS) is 12.5. The molecule has 8 heteroatoms. The number of rotatable bonds is 8. The summed E-state index contributed by atoms with van der Waals surface area (Å²) in [6, 6.07) is 17.7. The molecule has 0 fully saturated rings. The number of amides is 1. The Bertz CT molecular complexity index is 1100. The quantitative estimate of drug-likeness (QED) is 0.565. The number of aromatic nitrogens is 3. The van der Waals surface area contributed by atoms with E-state index >= 15 is 0 Å². The maximum Gasteiger partial charge on any atom is 0.286 e. The van der Waals surface area contributed by atoms with Gasteiger partial charge < -0.3 is 15.0 Å². The van der Waals surface area contributed by atoms with Crippen molar-refractivity contribution in [3.05, 3.63) is 76.2 Å². The third kappa shape index (κ3) is 4.58. The van der Waals surface area contributed by atoms with Gasteiger partial charge in [-0.1, -0.05) is 30.3 Å². The number of nitrogens with zero attached hydrogens (tertiary/aromatic N) is 4. The molecule has 160 valence electrons. The van der Waals surface area contributed by atoms with Gasteiger partial charge in [0.25, 0.3) is 11.5 Å². The van der Waals surface area contributed by atoms with E-state index in [4.69, 9.17) is 4.74 Å². The molecule has 0 atom stereocenters. The van der Waals surface area contributed by atoms with Gasteiger partial charge in [-0.3, -0.25) is 14.2 Å². The van der Waals surface area contributed by atoms with Crippen molar-refractivity contribution >= 4 is 17.5 Å². The van der Waals surface area contributed by atoms with Gasteiger partial charge in [0.05, 0.1) is 6.61 Å². The van der Waals surface area contributed by atoms with Crippen LogP contribution in [0.1, 0.15) is 29.4 Å². The van der Waals surface area contributed by atoms with Crippen LogP contribution in [0.4, 0.5) is 11.6 Å². The van der Waals surface area contributed by atoms with Crippen molar-refractivity contribution in [2.75, 3.05) is 24.6 Å². The minimum atomic E-state index is -0.486. The molecule has 0 bridgehead atoms. The number of hydrogen-bond donors (Lipinski definition) is 1. The number of anilines is 2. The topological polar surface area (TPSA) is 89.3 Å². The van der Waals surface area contributed by atoms with Gasteiger partial charge >= 0.3 is 0 Å². The van der Waals surface area contributed by atoms with Crippen LogP contribution in [0.25, 0.3) is 0 Å². The van der Waals surface area contributed by atoms with Gasteiger partial charge in [0.15, 0.2) is 0 Å². The molecule has 2 heterocycles. The SMILES string of the molecule is CCOc1ccc(N2CCn3c2nnc(C(=O)NCCCc2ccccc2)c3=O)cc1. The molecule has 0 unspecified atom stereocenters. The summed E-state index contributed by atoms with van der Waals surface area (Å²) in [5, 5.41) is 10.9. The van der Waals surface area contributed by atoms with Crippen molar-refractivity contribution in [3.63, 3.8) is 0 Å². The largest absolute Gasteiger partial charge is 0.494 e. The molecule has 4 rings (SSSR count). The number of fused-ring (bicyclic) bond motifs is 1. The van der Waals surface area contributed by atoms with Crippen LogP contribution >= 0.6 is 0 Å². The number of carbonyl (C=O) groups excluding carboxylic acids is 1. The first-order valence-electron chi connectivity index (χ1n) is 10.5. The van der Waals surface area contributed by atoms with Crippen LogP contribution < -0.4 is 20.5 Å². The zero-order valence-corrected chi connectivity index (χ0v) is 17.5. The zero-order valence-electron chi connectivity index (χ0n) is 17.5. The van der Waals surface area contributed by atoms with Gasteiger partial charge in [-0.25, -0.2) is 0 Å². The third-order valence-corrected chi connectivity index (χ3v) is 5.16. The van der Waals surface area contributed by atoms with Gasteiger partial charge in [-0.15, -0.1) is 10.2 Å². The fraction of sp³-hybridized carbons (Fsp3) is 0.304. The fourth-order valence-corrected chi connectivity index (χ4v) is 3.61. The molecule has 2 aromatic carbocycles. The van der Waals surface area contributed by atoms with Gasteiger partial charge in [-0.05, 0) is 49.6 Å². The van der Waals surface area contributed by atoms with E-state index in [0.717, 1.165) is 24.3 Å². The Balaban J connectivity index is 1.41. The summed E-state index contributed by atoms with van der Waals surface area (Å²) < 4.78 is 6.98. The first-order valence-corrected chi connectivity index (χ1v) is 10.5. The van der Waals surface area contributed by atoms with E-state index in [-0.39, 0.29) is 5.69 Å². The molecule has 1 aliphatic heterocycles. The summed E-state index contributed by atoms with van der Waals surface area (Å²) in [5.74, 6) is 0.739. The average Bonchev–Trinajstić information content (AvgIpc) is 3.23. The zero-order chi connectivity index (χ0) is 21.6. The Kier molecular flexibility index (Phi) is 6.26. The van der Waals surface area contributed by atoms with E-state index < -0.39 is 11.5 Å². The number of hydrogen-bond acceptors (Lipinski definition) is 6.